The first-order valence-electron chi connectivity index (χ1n) is 5.82. The van der Waals surface area contributed by atoms with Crippen molar-refractivity contribution < 1.29 is 9.59 Å². The Hall–Kier alpha value is -0.710. The number of nitrogens with one attached hydrogen (secondary N) is 1. The van der Waals surface area contributed by atoms with E-state index in [2.05, 4.69) is 5.32 Å². The van der Waals surface area contributed by atoms with Gasteiger partial charge in [-0.05, 0) is 31.9 Å². The van der Waals surface area contributed by atoms with Gasteiger partial charge in [-0.2, -0.15) is 0 Å². The molecule has 0 aliphatic carbocycles. The first-order chi connectivity index (χ1) is 7.62. The molecule has 2 rings (SSSR count). The second kappa shape index (κ2) is 4.65. The molecular formula is C11H18N2O2S. The highest BCUT2D eigenvalue weighted by atomic mass is 32.2. The summed E-state index contributed by atoms with van der Waals surface area (Å²) in [6.07, 6.45) is 2.90. The number of amides is 2. The van der Waals surface area contributed by atoms with Crippen LogP contribution in [0.5, 0.6) is 0 Å². The Balaban J connectivity index is 2.05. The lowest BCUT2D eigenvalue weighted by molar-refractivity contribution is -0.136. The van der Waals surface area contributed by atoms with Gasteiger partial charge in [0.1, 0.15) is 0 Å². The third kappa shape index (κ3) is 2.34. The summed E-state index contributed by atoms with van der Waals surface area (Å²) in [6, 6.07) is 0. The van der Waals surface area contributed by atoms with Gasteiger partial charge in [0.05, 0.1) is 11.3 Å². The lowest BCUT2D eigenvalue weighted by atomic mass is 10.0. The van der Waals surface area contributed by atoms with Crippen LogP contribution in [0.2, 0.25) is 0 Å². The van der Waals surface area contributed by atoms with Crippen LogP contribution in [0.1, 0.15) is 26.2 Å². The van der Waals surface area contributed by atoms with Gasteiger partial charge in [-0.1, -0.05) is 0 Å². The zero-order chi connectivity index (χ0) is 11.6. The SMILES string of the molecule is CC1(C(=O)N2CCCNC(=O)C2)CCCS1. The van der Waals surface area contributed by atoms with Crippen LogP contribution in [-0.4, -0.2) is 46.8 Å². The maximum Gasteiger partial charge on any atom is 0.239 e. The Morgan fingerprint density at radius 1 is 1.50 bits per heavy atom. The smallest absolute Gasteiger partial charge is 0.239 e. The molecule has 1 atom stereocenters. The van der Waals surface area contributed by atoms with Gasteiger partial charge in [0.15, 0.2) is 0 Å². The van der Waals surface area contributed by atoms with Crippen molar-refractivity contribution in [1.82, 2.24) is 10.2 Å². The number of carbonyl (C=O) groups is 2. The van der Waals surface area contributed by atoms with E-state index in [0.29, 0.717) is 13.1 Å². The Labute approximate surface area is 100 Å². The van der Waals surface area contributed by atoms with E-state index >= 15 is 0 Å². The highest BCUT2D eigenvalue weighted by Gasteiger charge is 2.40. The lowest BCUT2D eigenvalue weighted by Gasteiger charge is -2.29. The molecule has 1 unspecified atom stereocenters. The molecule has 90 valence electrons. The molecule has 2 fully saturated rings. The fourth-order valence-electron chi connectivity index (χ4n) is 2.26. The van der Waals surface area contributed by atoms with E-state index in [9.17, 15) is 9.59 Å². The summed E-state index contributed by atoms with van der Waals surface area (Å²) in [5, 5.41) is 2.79. The van der Waals surface area contributed by atoms with Gasteiger partial charge in [-0.15, -0.1) is 11.8 Å². The van der Waals surface area contributed by atoms with Crippen molar-refractivity contribution in [2.75, 3.05) is 25.4 Å². The number of nitrogens with zero attached hydrogens (tertiary/aromatic N) is 1. The second-order valence-electron chi connectivity index (χ2n) is 4.61. The Morgan fingerprint density at radius 3 is 3.00 bits per heavy atom. The molecule has 2 amide bonds. The minimum Gasteiger partial charge on any atom is -0.354 e. The summed E-state index contributed by atoms with van der Waals surface area (Å²) in [5.74, 6) is 1.17. The highest BCUT2D eigenvalue weighted by Crippen LogP contribution is 2.39. The first kappa shape index (κ1) is 11.8. The Bertz CT molecular complexity index is 300. The van der Waals surface area contributed by atoms with Crippen molar-refractivity contribution in [2.24, 2.45) is 0 Å². The predicted octanol–water partition coefficient (Wildman–Crippen LogP) is 0.621. The summed E-state index contributed by atoms with van der Waals surface area (Å²) in [5.41, 5.74) is 0. The van der Waals surface area contributed by atoms with Gasteiger partial charge in [0.2, 0.25) is 11.8 Å². The molecule has 16 heavy (non-hydrogen) atoms. The van der Waals surface area contributed by atoms with Gasteiger partial charge in [0.25, 0.3) is 0 Å². The van der Waals surface area contributed by atoms with Crippen LogP contribution < -0.4 is 5.32 Å². The highest BCUT2D eigenvalue weighted by molar-refractivity contribution is 8.01. The van der Waals surface area contributed by atoms with E-state index in [0.717, 1.165) is 25.0 Å². The van der Waals surface area contributed by atoms with Crippen molar-refractivity contribution in [3.63, 3.8) is 0 Å². The average molecular weight is 242 g/mol. The molecule has 4 nitrogen and oxygen atoms in total. The van der Waals surface area contributed by atoms with Crippen LogP contribution in [0, 0.1) is 0 Å². The molecule has 0 aromatic rings. The largest absolute Gasteiger partial charge is 0.354 e. The van der Waals surface area contributed by atoms with Crippen LogP contribution in [0.3, 0.4) is 0 Å². The Kier molecular flexibility index (Phi) is 3.42. The predicted molar refractivity (Wildman–Crippen MR) is 64.3 cm³/mol. The number of hydrogen-bond donors (Lipinski definition) is 1. The number of hydrogen-bond acceptors (Lipinski definition) is 3. The average Bonchev–Trinajstić information content (AvgIpc) is 2.58. The van der Waals surface area contributed by atoms with Crippen molar-refractivity contribution in [3.05, 3.63) is 0 Å². The van der Waals surface area contributed by atoms with Crippen LogP contribution in [0.15, 0.2) is 0 Å². The molecule has 0 saturated carbocycles. The van der Waals surface area contributed by atoms with Crippen molar-refractivity contribution >= 4 is 23.6 Å². The molecule has 0 spiro atoms. The molecular weight excluding hydrogens is 224 g/mol. The van der Waals surface area contributed by atoms with E-state index in [4.69, 9.17) is 0 Å². The normalized spacial score (nSPS) is 31.1. The van der Waals surface area contributed by atoms with Crippen LogP contribution in [0.4, 0.5) is 0 Å². The van der Waals surface area contributed by atoms with Gasteiger partial charge >= 0.3 is 0 Å². The molecule has 0 aromatic carbocycles. The zero-order valence-electron chi connectivity index (χ0n) is 9.62. The zero-order valence-corrected chi connectivity index (χ0v) is 10.4. The lowest BCUT2D eigenvalue weighted by Crippen LogP contribution is -2.46. The molecule has 2 heterocycles. The van der Waals surface area contributed by atoms with Gasteiger partial charge in [-0.3, -0.25) is 9.59 Å². The first-order valence-corrected chi connectivity index (χ1v) is 6.80. The van der Waals surface area contributed by atoms with Crippen molar-refractivity contribution in [2.45, 2.75) is 30.9 Å². The Morgan fingerprint density at radius 2 is 2.31 bits per heavy atom. The van der Waals surface area contributed by atoms with Crippen LogP contribution in [-0.2, 0) is 9.59 Å². The fourth-order valence-corrected chi connectivity index (χ4v) is 3.54. The van der Waals surface area contributed by atoms with Gasteiger partial charge < -0.3 is 10.2 Å². The van der Waals surface area contributed by atoms with Gasteiger partial charge in [-0.25, -0.2) is 0 Å². The van der Waals surface area contributed by atoms with Crippen molar-refractivity contribution in [3.8, 4) is 0 Å². The third-order valence-electron chi connectivity index (χ3n) is 3.22. The minimum atomic E-state index is -0.287. The van der Waals surface area contributed by atoms with Crippen molar-refractivity contribution in [1.29, 1.82) is 0 Å². The second-order valence-corrected chi connectivity index (χ2v) is 6.21. The molecule has 2 saturated heterocycles. The third-order valence-corrected chi connectivity index (χ3v) is 4.73. The molecule has 5 heteroatoms. The van der Waals surface area contributed by atoms with E-state index in [1.165, 1.54) is 0 Å². The monoisotopic (exact) mass is 242 g/mol. The maximum absolute atomic E-state index is 12.3. The summed E-state index contributed by atoms with van der Waals surface area (Å²) in [4.78, 5) is 25.5. The quantitative estimate of drug-likeness (QED) is 0.733. The van der Waals surface area contributed by atoms with E-state index in [-0.39, 0.29) is 23.1 Å². The van der Waals surface area contributed by atoms with E-state index in [1.54, 1.807) is 16.7 Å². The fraction of sp³-hybridized carbons (Fsp3) is 0.818. The van der Waals surface area contributed by atoms with E-state index < -0.39 is 0 Å². The molecule has 0 aromatic heterocycles. The number of rotatable bonds is 1. The summed E-state index contributed by atoms with van der Waals surface area (Å²) >= 11 is 1.73. The summed E-state index contributed by atoms with van der Waals surface area (Å²) in [7, 11) is 0. The molecule has 2 aliphatic heterocycles. The molecule has 0 bridgehead atoms. The maximum atomic E-state index is 12.3. The standard InChI is InChI=1S/C11H18N2O2S/c1-11(4-2-7-16-11)10(15)13-6-3-5-12-9(14)8-13/h2-8H2,1H3,(H,12,14). The van der Waals surface area contributed by atoms with Gasteiger partial charge in [0, 0.05) is 13.1 Å². The summed E-state index contributed by atoms with van der Waals surface area (Å²) < 4.78 is -0.287. The summed E-state index contributed by atoms with van der Waals surface area (Å²) in [6.45, 7) is 3.63. The van der Waals surface area contributed by atoms with Crippen LogP contribution >= 0.6 is 11.8 Å². The van der Waals surface area contributed by atoms with E-state index in [1.807, 2.05) is 6.92 Å². The van der Waals surface area contributed by atoms with Crippen LogP contribution in [0.25, 0.3) is 0 Å². The molecule has 2 aliphatic rings. The molecule has 1 N–H and O–H groups in total. The molecule has 0 radical (unpaired) electrons. The minimum absolute atomic E-state index is 0.0301. The topological polar surface area (TPSA) is 49.4 Å². The number of carbonyl (C=O) groups excluding carboxylic acids is 2. The number of thioether (sulfide) groups is 1.